The first-order valence-electron chi connectivity index (χ1n) is 6.57. The van der Waals surface area contributed by atoms with Gasteiger partial charge in [-0.2, -0.15) is 0 Å². The lowest BCUT2D eigenvalue weighted by molar-refractivity contribution is 0.500. The SMILES string of the molecule is NC1CCCN(c2ncc(-c3ccccn3)cn2)C1. The Labute approximate surface area is 112 Å². The molecule has 5 heteroatoms. The van der Waals surface area contributed by atoms with E-state index in [4.69, 9.17) is 5.73 Å². The quantitative estimate of drug-likeness (QED) is 0.880. The Kier molecular flexibility index (Phi) is 3.37. The number of aromatic nitrogens is 3. The average molecular weight is 255 g/mol. The van der Waals surface area contributed by atoms with Crippen molar-refractivity contribution in [3.63, 3.8) is 0 Å². The van der Waals surface area contributed by atoms with Crippen molar-refractivity contribution in [3.8, 4) is 11.3 Å². The maximum Gasteiger partial charge on any atom is 0.225 e. The first-order valence-corrected chi connectivity index (χ1v) is 6.57. The summed E-state index contributed by atoms with van der Waals surface area (Å²) in [5, 5.41) is 0. The fraction of sp³-hybridized carbons (Fsp3) is 0.357. The van der Waals surface area contributed by atoms with Crippen molar-refractivity contribution in [2.24, 2.45) is 5.73 Å². The van der Waals surface area contributed by atoms with Gasteiger partial charge in [-0.25, -0.2) is 9.97 Å². The molecule has 0 aromatic carbocycles. The van der Waals surface area contributed by atoms with Gasteiger partial charge in [-0.15, -0.1) is 0 Å². The Bertz CT molecular complexity index is 525. The van der Waals surface area contributed by atoms with Gasteiger partial charge in [-0.1, -0.05) is 6.07 Å². The largest absolute Gasteiger partial charge is 0.339 e. The van der Waals surface area contributed by atoms with Crippen LogP contribution in [0.15, 0.2) is 36.8 Å². The molecule has 2 aromatic rings. The maximum absolute atomic E-state index is 5.98. The molecule has 19 heavy (non-hydrogen) atoms. The Morgan fingerprint density at radius 1 is 1.16 bits per heavy atom. The number of rotatable bonds is 2. The highest BCUT2D eigenvalue weighted by Crippen LogP contribution is 2.18. The van der Waals surface area contributed by atoms with E-state index < -0.39 is 0 Å². The molecule has 2 N–H and O–H groups in total. The van der Waals surface area contributed by atoms with Crippen LogP contribution in [0, 0.1) is 0 Å². The van der Waals surface area contributed by atoms with Crippen molar-refractivity contribution in [2.45, 2.75) is 18.9 Å². The molecule has 1 atom stereocenters. The van der Waals surface area contributed by atoms with Gasteiger partial charge in [0.2, 0.25) is 5.95 Å². The molecule has 1 fully saturated rings. The third-order valence-electron chi connectivity index (χ3n) is 3.34. The van der Waals surface area contributed by atoms with E-state index in [0.29, 0.717) is 0 Å². The molecule has 0 spiro atoms. The molecule has 1 saturated heterocycles. The van der Waals surface area contributed by atoms with E-state index in [0.717, 1.165) is 43.1 Å². The van der Waals surface area contributed by atoms with Crippen LogP contribution in [0.1, 0.15) is 12.8 Å². The molecule has 1 unspecified atom stereocenters. The van der Waals surface area contributed by atoms with Crippen LogP contribution < -0.4 is 10.6 Å². The number of nitrogens with two attached hydrogens (primary N) is 1. The summed E-state index contributed by atoms with van der Waals surface area (Å²) in [5.74, 6) is 0.759. The van der Waals surface area contributed by atoms with E-state index in [2.05, 4.69) is 19.9 Å². The number of hydrogen-bond donors (Lipinski definition) is 1. The number of hydrogen-bond acceptors (Lipinski definition) is 5. The minimum absolute atomic E-state index is 0.229. The smallest absolute Gasteiger partial charge is 0.225 e. The van der Waals surface area contributed by atoms with Gasteiger partial charge in [0.25, 0.3) is 0 Å². The predicted octanol–water partition coefficient (Wildman–Crippen LogP) is 1.47. The van der Waals surface area contributed by atoms with Gasteiger partial charge >= 0.3 is 0 Å². The van der Waals surface area contributed by atoms with E-state index in [1.165, 1.54) is 0 Å². The number of nitrogens with zero attached hydrogens (tertiary/aromatic N) is 4. The molecular weight excluding hydrogens is 238 g/mol. The molecule has 0 radical (unpaired) electrons. The molecule has 3 rings (SSSR count). The summed E-state index contributed by atoms with van der Waals surface area (Å²) in [6.45, 7) is 1.82. The third kappa shape index (κ3) is 2.71. The fourth-order valence-electron chi connectivity index (χ4n) is 2.34. The zero-order chi connectivity index (χ0) is 13.1. The summed E-state index contributed by atoms with van der Waals surface area (Å²) in [5.41, 5.74) is 7.80. The van der Waals surface area contributed by atoms with Crippen LogP contribution in [0.3, 0.4) is 0 Å². The Balaban J connectivity index is 1.79. The maximum atomic E-state index is 5.98. The molecule has 5 nitrogen and oxygen atoms in total. The minimum atomic E-state index is 0.229. The first kappa shape index (κ1) is 12.0. The molecule has 0 bridgehead atoms. The first-order chi connectivity index (χ1) is 9.33. The Morgan fingerprint density at radius 2 is 2.00 bits per heavy atom. The van der Waals surface area contributed by atoms with Crippen LogP contribution >= 0.6 is 0 Å². The van der Waals surface area contributed by atoms with Crippen LogP contribution in [-0.2, 0) is 0 Å². The van der Waals surface area contributed by atoms with Crippen LogP contribution in [0.2, 0.25) is 0 Å². The Morgan fingerprint density at radius 3 is 2.68 bits per heavy atom. The zero-order valence-corrected chi connectivity index (χ0v) is 10.7. The fourth-order valence-corrected chi connectivity index (χ4v) is 2.34. The molecule has 0 aliphatic carbocycles. The highest BCUT2D eigenvalue weighted by atomic mass is 15.3. The Hall–Kier alpha value is -2.01. The summed E-state index contributed by atoms with van der Waals surface area (Å²) in [6, 6.07) is 6.04. The molecule has 1 aliphatic heterocycles. The molecule has 98 valence electrons. The third-order valence-corrected chi connectivity index (χ3v) is 3.34. The van der Waals surface area contributed by atoms with Gasteiger partial charge in [0.15, 0.2) is 0 Å². The lowest BCUT2D eigenvalue weighted by Crippen LogP contribution is -2.43. The summed E-state index contributed by atoms with van der Waals surface area (Å²) in [7, 11) is 0. The highest BCUT2D eigenvalue weighted by Gasteiger charge is 2.18. The summed E-state index contributed by atoms with van der Waals surface area (Å²) in [6.07, 6.45) is 7.61. The van der Waals surface area contributed by atoms with Crippen LogP contribution in [0.4, 0.5) is 5.95 Å². The molecule has 1 aliphatic rings. The van der Waals surface area contributed by atoms with Gasteiger partial charge in [0, 0.05) is 43.3 Å². The van der Waals surface area contributed by atoms with E-state index in [-0.39, 0.29) is 6.04 Å². The van der Waals surface area contributed by atoms with Crippen molar-refractivity contribution >= 4 is 5.95 Å². The second-order valence-corrected chi connectivity index (χ2v) is 4.84. The van der Waals surface area contributed by atoms with Crippen molar-refractivity contribution in [1.29, 1.82) is 0 Å². The minimum Gasteiger partial charge on any atom is -0.339 e. The van der Waals surface area contributed by atoms with Gasteiger partial charge in [0.05, 0.1) is 5.69 Å². The molecule has 0 saturated carbocycles. The summed E-state index contributed by atoms with van der Waals surface area (Å²) < 4.78 is 0. The topological polar surface area (TPSA) is 67.9 Å². The number of pyridine rings is 1. The van der Waals surface area contributed by atoms with Crippen LogP contribution in [-0.4, -0.2) is 34.1 Å². The van der Waals surface area contributed by atoms with Gasteiger partial charge < -0.3 is 10.6 Å². The van der Waals surface area contributed by atoms with Crippen LogP contribution in [0.25, 0.3) is 11.3 Å². The average Bonchev–Trinajstić information content (AvgIpc) is 2.48. The highest BCUT2D eigenvalue weighted by molar-refractivity contribution is 5.57. The van der Waals surface area contributed by atoms with Gasteiger partial charge in [-0.05, 0) is 25.0 Å². The van der Waals surface area contributed by atoms with E-state index in [9.17, 15) is 0 Å². The second kappa shape index (κ2) is 5.32. The van der Waals surface area contributed by atoms with Crippen molar-refractivity contribution in [1.82, 2.24) is 15.0 Å². The molecule has 0 amide bonds. The summed E-state index contributed by atoms with van der Waals surface area (Å²) in [4.78, 5) is 15.3. The lowest BCUT2D eigenvalue weighted by Gasteiger charge is -2.30. The standard InChI is InChI=1S/C14H17N5/c15-12-4-3-7-19(10-12)14-17-8-11(9-18-14)13-5-1-2-6-16-13/h1-2,5-6,8-9,12H,3-4,7,10,15H2. The van der Waals surface area contributed by atoms with Crippen molar-refractivity contribution in [2.75, 3.05) is 18.0 Å². The molecule has 3 heterocycles. The monoisotopic (exact) mass is 255 g/mol. The van der Waals surface area contributed by atoms with Gasteiger partial charge in [0.1, 0.15) is 0 Å². The second-order valence-electron chi connectivity index (χ2n) is 4.84. The van der Waals surface area contributed by atoms with E-state index >= 15 is 0 Å². The molecule has 2 aromatic heterocycles. The number of anilines is 1. The number of piperidine rings is 1. The summed E-state index contributed by atoms with van der Waals surface area (Å²) >= 11 is 0. The van der Waals surface area contributed by atoms with Crippen molar-refractivity contribution < 1.29 is 0 Å². The van der Waals surface area contributed by atoms with E-state index in [1.54, 1.807) is 6.20 Å². The molecular formula is C14H17N5. The lowest BCUT2D eigenvalue weighted by atomic mass is 10.1. The van der Waals surface area contributed by atoms with E-state index in [1.807, 2.05) is 30.6 Å². The van der Waals surface area contributed by atoms with Crippen LogP contribution in [0.5, 0.6) is 0 Å². The van der Waals surface area contributed by atoms with Crippen molar-refractivity contribution in [3.05, 3.63) is 36.8 Å². The zero-order valence-electron chi connectivity index (χ0n) is 10.7. The normalized spacial score (nSPS) is 19.4. The predicted molar refractivity (Wildman–Crippen MR) is 74.7 cm³/mol. The van der Waals surface area contributed by atoms with Gasteiger partial charge in [-0.3, -0.25) is 4.98 Å².